The Morgan fingerprint density at radius 2 is 1.27 bits per heavy atom. The van der Waals surface area contributed by atoms with E-state index in [1.165, 1.54) is 145 Å². The molecule has 0 fully saturated rings. The molecule has 5 aromatic rings. The number of nitrogens with zero attached hydrogens (tertiary/aromatic N) is 1. The van der Waals surface area contributed by atoms with Crippen molar-refractivity contribution in [2.45, 2.75) is 189 Å². The number of hydrogen-bond donors (Lipinski definition) is 1. The summed E-state index contributed by atoms with van der Waals surface area (Å²) >= 11 is 0. The number of unbranched alkanes of at least 4 members (excludes halogenated alkanes) is 10. The first-order valence-corrected chi connectivity index (χ1v) is 28.8. The number of carbonyl (C=O) groups excluding carboxylic acids is 1. The van der Waals surface area contributed by atoms with Crippen LogP contribution in [0.5, 0.6) is 0 Å². The minimum absolute atomic E-state index is 0. The second-order valence-corrected chi connectivity index (χ2v) is 24.8. The number of aliphatic hydroxyl groups is 1. The van der Waals surface area contributed by atoms with Gasteiger partial charge in [-0.1, -0.05) is 216 Å². The molecule has 0 saturated heterocycles. The maximum absolute atomic E-state index is 11.7. The summed E-state index contributed by atoms with van der Waals surface area (Å²) in [5, 5.41) is 16.5. The summed E-state index contributed by atoms with van der Waals surface area (Å²) < 4.78 is 0. The van der Waals surface area contributed by atoms with E-state index in [1.807, 2.05) is 33.9 Å². The van der Waals surface area contributed by atoms with Gasteiger partial charge in [-0.2, -0.15) is 0 Å². The van der Waals surface area contributed by atoms with E-state index in [-0.39, 0.29) is 48.9 Å². The van der Waals surface area contributed by atoms with Crippen molar-refractivity contribution in [1.29, 1.82) is 0 Å². The second-order valence-electron chi connectivity index (χ2n) is 19.8. The largest absolute Gasteiger partial charge is 0.512 e. The first kappa shape index (κ1) is 53.2. The molecule has 1 aliphatic rings. The van der Waals surface area contributed by atoms with E-state index in [0.29, 0.717) is 0 Å². The number of ketones is 1. The van der Waals surface area contributed by atoms with Gasteiger partial charge in [-0.3, -0.25) is 4.79 Å². The van der Waals surface area contributed by atoms with E-state index in [0.717, 1.165) is 36.9 Å². The van der Waals surface area contributed by atoms with Crippen molar-refractivity contribution in [1.82, 2.24) is 4.98 Å². The van der Waals surface area contributed by atoms with Gasteiger partial charge in [-0.05, 0) is 77.4 Å². The van der Waals surface area contributed by atoms with Gasteiger partial charge in [0, 0.05) is 49.6 Å². The predicted molar refractivity (Wildman–Crippen MR) is 277 cm³/mol. The van der Waals surface area contributed by atoms with Crippen LogP contribution in [0.4, 0.5) is 0 Å². The first-order valence-electron chi connectivity index (χ1n) is 25.3. The average Bonchev–Trinajstić information content (AvgIpc) is 3.55. The molecule has 1 N–H and O–H groups in total. The molecule has 0 saturated carbocycles. The Hall–Kier alpha value is -3.37. The van der Waals surface area contributed by atoms with Crippen molar-refractivity contribution in [3.63, 3.8) is 0 Å². The molecule has 64 heavy (non-hydrogen) atoms. The molecule has 349 valence electrons. The third kappa shape index (κ3) is 12.7. The molecule has 1 aromatic heterocycles. The van der Waals surface area contributed by atoms with Crippen molar-refractivity contribution in [3.8, 4) is 22.4 Å². The molecule has 0 aliphatic heterocycles. The van der Waals surface area contributed by atoms with Crippen LogP contribution in [-0.2, 0) is 30.3 Å². The smallest absolute Gasteiger partial charge is 0.162 e. The molecule has 4 aromatic carbocycles. The standard InChI is InChI=1S/C46H58NSi.C13H24O2.Ir/c1-7-9-11-13-15-19-28-46(29-20-16-14-12-10-8-2)42-22-18-17-21-41(42)44-34(3)31-36(33-43(44)46)45-40-25-23-35-32-37(48(4,5)6)24-26-38(35)39(40)27-30-47-45;1-5-10(6-2)12(14)9-13(15)11(7-3)8-4;/h17-18,21-27,30,32-33H,7-16,19-20,28-29H2,1-6H3;9-11,14H,5-8H2,1-4H3;/q-1;;/b;12-9-;. The molecular weight excluding hydrogens is 975 g/mol. The van der Waals surface area contributed by atoms with Gasteiger partial charge in [0.1, 0.15) is 0 Å². The van der Waals surface area contributed by atoms with Crippen LogP contribution in [0, 0.1) is 24.8 Å². The number of aryl methyl sites for hydroxylation is 1. The first-order chi connectivity index (χ1) is 30.4. The van der Waals surface area contributed by atoms with Gasteiger partial charge in [-0.25, -0.2) is 0 Å². The third-order valence-electron chi connectivity index (χ3n) is 14.4. The Morgan fingerprint density at radius 3 is 1.86 bits per heavy atom. The summed E-state index contributed by atoms with van der Waals surface area (Å²) in [6.45, 7) is 22.3. The molecule has 0 spiro atoms. The molecular formula is C59H82IrNO2Si-. The number of aliphatic hydroxyl groups excluding tert-OH is 1. The van der Waals surface area contributed by atoms with Crippen molar-refractivity contribution < 1.29 is 30.0 Å². The summed E-state index contributed by atoms with van der Waals surface area (Å²) in [5.41, 5.74) is 9.53. The van der Waals surface area contributed by atoms with Crippen LogP contribution in [0.2, 0.25) is 19.6 Å². The van der Waals surface area contributed by atoms with Crippen molar-refractivity contribution in [2.75, 3.05) is 0 Å². The van der Waals surface area contributed by atoms with Gasteiger partial charge in [0.15, 0.2) is 5.78 Å². The fraction of sp³-hybridized carbons (Fsp3) is 0.525. The van der Waals surface area contributed by atoms with Crippen LogP contribution in [0.25, 0.3) is 43.9 Å². The van der Waals surface area contributed by atoms with E-state index < -0.39 is 8.07 Å². The number of rotatable bonds is 23. The van der Waals surface area contributed by atoms with E-state index in [1.54, 1.807) is 5.56 Å². The van der Waals surface area contributed by atoms with Crippen LogP contribution in [0.1, 0.15) is 174 Å². The molecule has 5 heteroatoms. The summed E-state index contributed by atoms with van der Waals surface area (Å²) in [4.78, 5) is 16.8. The van der Waals surface area contributed by atoms with Gasteiger partial charge in [0.05, 0.1) is 13.8 Å². The number of pyridine rings is 1. The summed E-state index contributed by atoms with van der Waals surface area (Å²) in [6, 6.07) is 29.8. The molecule has 0 unspecified atom stereocenters. The Kier molecular flexibility index (Phi) is 21.2. The quantitative estimate of drug-likeness (QED) is 0.0177. The summed E-state index contributed by atoms with van der Waals surface area (Å²) in [6.07, 6.45) is 25.4. The maximum Gasteiger partial charge on any atom is 0.162 e. The second kappa shape index (κ2) is 25.5. The predicted octanol–water partition coefficient (Wildman–Crippen LogP) is 17.3. The van der Waals surface area contributed by atoms with E-state index >= 15 is 0 Å². The van der Waals surface area contributed by atoms with Gasteiger partial charge in [-0.15, -0.1) is 28.8 Å². The summed E-state index contributed by atoms with van der Waals surface area (Å²) in [5.74, 6) is 0.547. The van der Waals surface area contributed by atoms with Crippen molar-refractivity contribution in [2.24, 2.45) is 11.8 Å². The van der Waals surface area contributed by atoms with Crippen LogP contribution < -0.4 is 5.19 Å². The minimum atomic E-state index is -1.39. The fourth-order valence-corrected chi connectivity index (χ4v) is 11.5. The number of aromatic nitrogens is 1. The number of allylic oxidation sites excluding steroid dienone is 2. The van der Waals surface area contributed by atoms with Crippen LogP contribution in [-0.4, -0.2) is 23.9 Å². The normalized spacial score (nSPS) is 13.2. The van der Waals surface area contributed by atoms with Crippen molar-refractivity contribution >= 4 is 40.6 Å². The maximum atomic E-state index is 11.7. The fourth-order valence-electron chi connectivity index (χ4n) is 10.4. The number of benzene rings is 4. The average molecular weight is 1060 g/mol. The van der Waals surface area contributed by atoms with Gasteiger partial charge >= 0.3 is 0 Å². The monoisotopic (exact) mass is 1060 g/mol. The number of fused-ring (bicyclic) bond motifs is 6. The number of carbonyl (C=O) groups is 1. The molecule has 1 aliphatic carbocycles. The Labute approximate surface area is 404 Å². The van der Waals surface area contributed by atoms with E-state index in [9.17, 15) is 9.90 Å². The zero-order chi connectivity index (χ0) is 45.6. The molecule has 1 radical (unpaired) electrons. The molecule has 0 bridgehead atoms. The zero-order valence-corrected chi connectivity index (χ0v) is 44.9. The van der Waals surface area contributed by atoms with E-state index in [2.05, 4.69) is 113 Å². The summed E-state index contributed by atoms with van der Waals surface area (Å²) in [7, 11) is -1.39. The Balaban J connectivity index is 0.000000482. The van der Waals surface area contributed by atoms with Crippen LogP contribution >= 0.6 is 0 Å². The molecule has 3 nitrogen and oxygen atoms in total. The topological polar surface area (TPSA) is 50.2 Å². The van der Waals surface area contributed by atoms with Crippen LogP contribution in [0.15, 0.2) is 84.8 Å². The van der Waals surface area contributed by atoms with Gasteiger partial charge in [0.2, 0.25) is 0 Å². The minimum Gasteiger partial charge on any atom is -0.512 e. The molecule has 1 heterocycles. The third-order valence-corrected chi connectivity index (χ3v) is 16.4. The zero-order valence-electron chi connectivity index (χ0n) is 41.5. The Bertz CT molecular complexity index is 2260. The Morgan fingerprint density at radius 1 is 0.688 bits per heavy atom. The number of hydrogen-bond acceptors (Lipinski definition) is 3. The molecule has 0 atom stereocenters. The van der Waals surface area contributed by atoms with Gasteiger partial charge < -0.3 is 10.1 Å². The van der Waals surface area contributed by atoms with Crippen molar-refractivity contribution in [3.05, 3.63) is 108 Å². The molecule has 6 rings (SSSR count). The van der Waals surface area contributed by atoms with Gasteiger partial charge in [0.25, 0.3) is 0 Å². The molecule has 0 amide bonds. The SMILES string of the molecule is CCC(CC)C(=O)/C=C(\O)C(CC)CC.CCCCCCCCC1(CCCCCCCC)c2ccccc2-c2c(C)[c-]c(-c3nccc4c3ccc3cc([Si](C)(C)C)ccc34)cc21.[Ir]. The van der Waals surface area contributed by atoms with E-state index in [4.69, 9.17) is 4.98 Å². The van der Waals surface area contributed by atoms with Crippen LogP contribution in [0.3, 0.4) is 0 Å².